The number of nitrogens with one attached hydrogen (secondary N) is 2. The fourth-order valence-corrected chi connectivity index (χ4v) is 4.45. The Kier molecular flexibility index (Phi) is 8.88. The van der Waals surface area contributed by atoms with E-state index < -0.39 is 24.2 Å². The highest BCUT2D eigenvalue weighted by molar-refractivity contribution is 6.33. The van der Waals surface area contributed by atoms with Gasteiger partial charge in [-0.05, 0) is 59.7 Å². The van der Waals surface area contributed by atoms with Gasteiger partial charge in [-0.25, -0.2) is 9.18 Å². The molecule has 9 nitrogen and oxygen atoms in total. The Bertz CT molecular complexity index is 1350. The molecule has 3 aromatic carbocycles. The number of aromatic carboxylic acids is 1. The van der Waals surface area contributed by atoms with Crippen molar-refractivity contribution in [2.24, 2.45) is 0 Å². The molecule has 1 aliphatic heterocycles. The van der Waals surface area contributed by atoms with Crippen molar-refractivity contribution in [2.75, 3.05) is 30.9 Å². The highest BCUT2D eigenvalue weighted by Gasteiger charge is 2.35. The van der Waals surface area contributed by atoms with E-state index in [0.717, 1.165) is 0 Å². The summed E-state index contributed by atoms with van der Waals surface area (Å²) in [5, 5.41) is 16.6. The van der Waals surface area contributed by atoms with Crippen LogP contribution in [0.25, 0.3) is 0 Å². The van der Waals surface area contributed by atoms with Crippen molar-refractivity contribution in [1.82, 2.24) is 4.90 Å². The van der Waals surface area contributed by atoms with Crippen LogP contribution in [0.3, 0.4) is 0 Å². The molecule has 0 radical (unpaired) electrons. The van der Waals surface area contributed by atoms with E-state index in [1.54, 1.807) is 42.5 Å². The Morgan fingerprint density at radius 1 is 1.05 bits per heavy atom. The average molecular weight is 555 g/mol. The maximum atomic E-state index is 14.3. The summed E-state index contributed by atoms with van der Waals surface area (Å²) in [5.41, 5.74) is 1.47. The van der Waals surface area contributed by atoms with Gasteiger partial charge in [0, 0.05) is 6.42 Å². The minimum absolute atomic E-state index is 0.00795. The number of carboxylic acids is 1. The SMILES string of the molecule is COc1cc(CC(=O)N2CC(F)CC2COc2ccc(C(=O)[O-])cc2)ccc1NC(=O)Nc1ccccc1Cl. The third kappa shape index (κ3) is 7.17. The van der Waals surface area contributed by atoms with Gasteiger partial charge >= 0.3 is 6.03 Å². The fourth-order valence-electron chi connectivity index (χ4n) is 4.27. The van der Waals surface area contributed by atoms with Crippen molar-refractivity contribution < 1.29 is 33.4 Å². The number of benzene rings is 3. The van der Waals surface area contributed by atoms with Crippen LogP contribution in [0, 0.1) is 0 Å². The molecule has 1 aliphatic rings. The number of hydrogen-bond donors (Lipinski definition) is 2. The van der Waals surface area contributed by atoms with Crippen LogP contribution in [0.5, 0.6) is 11.5 Å². The second-order valence-corrected chi connectivity index (χ2v) is 9.33. The molecule has 4 rings (SSSR count). The summed E-state index contributed by atoms with van der Waals surface area (Å²) in [6.45, 7) is 0.0129. The van der Waals surface area contributed by atoms with Gasteiger partial charge in [-0.3, -0.25) is 4.79 Å². The second-order valence-electron chi connectivity index (χ2n) is 8.93. The number of ether oxygens (including phenoxy) is 2. The molecule has 11 heteroatoms. The molecule has 1 saturated heterocycles. The number of carbonyl (C=O) groups is 3. The zero-order chi connectivity index (χ0) is 27.9. The van der Waals surface area contributed by atoms with Crippen molar-refractivity contribution in [3.8, 4) is 11.5 Å². The Morgan fingerprint density at radius 2 is 1.77 bits per heavy atom. The van der Waals surface area contributed by atoms with Crippen LogP contribution in [-0.4, -0.2) is 55.3 Å². The minimum Gasteiger partial charge on any atom is -0.545 e. The molecule has 1 fully saturated rings. The minimum atomic E-state index is -1.30. The van der Waals surface area contributed by atoms with E-state index in [0.29, 0.717) is 33.5 Å². The first-order valence-corrected chi connectivity index (χ1v) is 12.5. The standard InChI is InChI=1S/C28H27ClFN3O6/c1-38-25-12-17(6-11-24(25)32-28(37)31-23-5-3-2-4-22(23)29)13-26(34)33-15-19(30)14-20(33)16-39-21-9-7-18(8-10-21)27(35)36/h2-12,19-20H,13-16H2,1H3,(H,35,36)(H2,31,32,37)/p-1. The molecule has 0 aliphatic carbocycles. The molecule has 3 amide bonds. The maximum Gasteiger partial charge on any atom is 0.323 e. The summed E-state index contributed by atoms with van der Waals surface area (Å²) < 4.78 is 25.4. The number of carbonyl (C=O) groups excluding carboxylic acids is 3. The number of carboxylic acid groups (broad SMARTS) is 1. The molecule has 2 atom stereocenters. The van der Waals surface area contributed by atoms with Crippen LogP contribution in [0.2, 0.25) is 5.02 Å². The largest absolute Gasteiger partial charge is 0.545 e. The number of likely N-dealkylation sites (tertiary alicyclic amines) is 1. The molecule has 204 valence electrons. The zero-order valence-electron chi connectivity index (χ0n) is 21.0. The van der Waals surface area contributed by atoms with Crippen LogP contribution in [0.15, 0.2) is 66.7 Å². The normalized spacial score (nSPS) is 16.4. The van der Waals surface area contributed by atoms with Crippen molar-refractivity contribution >= 4 is 40.9 Å². The molecule has 0 aromatic heterocycles. The van der Waals surface area contributed by atoms with Crippen LogP contribution in [0.4, 0.5) is 20.6 Å². The van der Waals surface area contributed by atoms with Crippen LogP contribution >= 0.6 is 11.6 Å². The number of rotatable bonds is 9. The quantitative estimate of drug-likeness (QED) is 0.414. The third-order valence-corrected chi connectivity index (χ3v) is 6.54. The monoisotopic (exact) mass is 554 g/mol. The third-order valence-electron chi connectivity index (χ3n) is 6.21. The van der Waals surface area contributed by atoms with Crippen molar-refractivity contribution in [3.63, 3.8) is 0 Å². The van der Waals surface area contributed by atoms with E-state index in [1.807, 2.05) is 0 Å². The van der Waals surface area contributed by atoms with E-state index in [2.05, 4.69) is 10.6 Å². The van der Waals surface area contributed by atoms with E-state index in [-0.39, 0.29) is 37.5 Å². The average Bonchev–Trinajstić information content (AvgIpc) is 3.30. The molecule has 0 spiro atoms. The summed E-state index contributed by atoms with van der Waals surface area (Å²) in [7, 11) is 1.44. The molecule has 2 unspecified atom stereocenters. The first-order valence-electron chi connectivity index (χ1n) is 12.1. The van der Waals surface area contributed by atoms with E-state index in [9.17, 15) is 23.9 Å². The highest BCUT2D eigenvalue weighted by atomic mass is 35.5. The molecule has 3 aromatic rings. The van der Waals surface area contributed by atoms with Gasteiger partial charge in [-0.15, -0.1) is 0 Å². The smallest absolute Gasteiger partial charge is 0.323 e. The van der Waals surface area contributed by atoms with Crippen LogP contribution in [0.1, 0.15) is 22.3 Å². The van der Waals surface area contributed by atoms with Crippen molar-refractivity contribution in [2.45, 2.75) is 25.1 Å². The number of anilines is 2. The Labute approximate surface area is 229 Å². The number of hydrogen-bond acceptors (Lipinski definition) is 6. The lowest BCUT2D eigenvalue weighted by Crippen LogP contribution is -2.40. The number of para-hydroxylation sites is 1. The van der Waals surface area contributed by atoms with Crippen molar-refractivity contribution in [3.05, 3.63) is 82.9 Å². The van der Waals surface area contributed by atoms with Gasteiger partial charge < -0.3 is 34.9 Å². The van der Waals surface area contributed by atoms with Crippen LogP contribution < -0.4 is 25.2 Å². The molecule has 39 heavy (non-hydrogen) atoms. The Hall–Kier alpha value is -4.31. The van der Waals surface area contributed by atoms with E-state index in [1.165, 1.54) is 36.3 Å². The predicted molar refractivity (Wildman–Crippen MR) is 142 cm³/mol. The molecule has 2 N–H and O–H groups in total. The van der Waals surface area contributed by atoms with Gasteiger partial charge in [0.1, 0.15) is 24.3 Å². The summed E-state index contributed by atoms with van der Waals surface area (Å²) in [6.07, 6.45) is -1.05. The molecular weight excluding hydrogens is 529 g/mol. The highest BCUT2D eigenvalue weighted by Crippen LogP contribution is 2.28. The first kappa shape index (κ1) is 27.7. The molecule has 1 heterocycles. The summed E-state index contributed by atoms with van der Waals surface area (Å²) in [4.78, 5) is 37.9. The number of methoxy groups -OCH3 is 1. The lowest BCUT2D eigenvalue weighted by Gasteiger charge is -2.25. The molecule has 0 bridgehead atoms. The maximum absolute atomic E-state index is 14.3. The van der Waals surface area contributed by atoms with Gasteiger partial charge in [-0.1, -0.05) is 29.8 Å². The summed E-state index contributed by atoms with van der Waals surface area (Å²) >= 11 is 6.08. The van der Waals surface area contributed by atoms with Crippen LogP contribution in [-0.2, 0) is 11.2 Å². The second kappa shape index (κ2) is 12.5. The number of alkyl halides is 1. The van der Waals surface area contributed by atoms with Gasteiger partial charge in [0.15, 0.2) is 0 Å². The van der Waals surface area contributed by atoms with Gasteiger partial charge in [0.2, 0.25) is 5.91 Å². The Balaban J connectivity index is 1.37. The number of urea groups is 1. The predicted octanol–water partition coefficient (Wildman–Crippen LogP) is 3.92. The van der Waals surface area contributed by atoms with Gasteiger partial charge in [0.25, 0.3) is 0 Å². The first-order chi connectivity index (χ1) is 18.7. The topological polar surface area (TPSA) is 120 Å². The van der Waals surface area contributed by atoms with Gasteiger partial charge in [-0.2, -0.15) is 0 Å². The number of amides is 3. The summed E-state index contributed by atoms with van der Waals surface area (Å²) in [6, 6.07) is 16.4. The van der Waals surface area contributed by atoms with Crippen molar-refractivity contribution in [1.29, 1.82) is 0 Å². The zero-order valence-corrected chi connectivity index (χ0v) is 21.7. The fraction of sp³-hybridized carbons (Fsp3) is 0.250. The van der Waals surface area contributed by atoms with E-state index in [4.69, 9.17) is 21.1 Å². The molecular formula is C28H26ClFN3O6-. The van der Waals surface area contributed by atoms with Gasteiger partial charge in [0.05, 0.1) is 48.5 Å². The summed E-state index contributed by atoms with van der Waals surface area (Å²) in [5.74, 6) is -0.828. The number of halogens is 2. The lowest BCUT2D eigenvalue weighted by molar-refractivity contribution is -0.255. The van der Waals surface area contributed by atoms with E-state index >= 15 is 0 Å². The lowest BCUT2D eigenvalue weighted by atomic mass is 10.1. The molecule has 0 saturated carbocycles. The number of nitrogens with zero attached hydrogens (tertiary/aromatic N) is 1. The Morgan fingerprint density at radius 3 is 2.46 bits per heavy atom.